The summed E-state index contributed by atoms with van der Waals surface area (Å²) in [4.78, 5) is 11.9. The fourth-order valence-corrected chi connectivity index (χ4v) is 9.66. The van der Waals surface area contributed by atoms with E-state index in [4.69, 9.17) is 61.6 Å². The number of esters is 1. The van der Waals surface area contributed by atoms with E-state index < -0.39 is 249 Å². The van der Waals surface area contributed by atoms with Gasteiger partial charge in [-0.1, -0.05) is 0 Å². The number of hydrogen-bond acceptors (Lipinski definition) is 33. The molecule has 0 radical (unpaired) electrons. The molecule has 430 valence electrons. The summed E-state index contributed by atoms with van der Waals surface area (Å²) in [6.45, 7) is -6.99. The second kappa shape index (κ2) is 26.0. The molecule has 22 aliphatic rings. The van der Waals surface area contributed by atoms with Crippen LogP contribution in [0, 0.1) is 0 Å². The highest BCUT2D eigenvalue weighted by atomic mass is 16.8. The molecule has 1 unspecified atom stereocenters. The van der Waals surface area contributed by atoms with Crippen LogP contribution in [0.15, 0.2) is 0 Å². The summed E-state index contributed by atoms with van der Waals surface area (Å²) in [6, 6.07) is 0. The Labute approximate surface area is 418 Å². The average Bonchev–Trinajstić information content (AvgIpc) is 3.39. The highest BCUT2D eigenvalue weighted by Crippen LogP contribution is 2.38. The molecule has 22 fully saturated rings. The third kappa shape index (κ3) is 12.3. The normalized spacial score (nSPS) is 51.0. The molecule has 0 saturated carbocycles. The molecule has 31 atom stereocenters. The van der Waals surface area contributed by atoms with E-state index in [1.54, 1.807) is 0 Å². The molecule has 74 heavy (non-hydrogen) atoms. The van der Waals surface area contributed by atoms with Crippen LogP contribution in [0.1, 0.15) is 6.42 Å². The number of carbonyl (C=O) groups excluding carboxylic acids is 1. The summed E-state index contributed by atoms with van der Waals surface area (Å²) in [5.74, 6) is -0.885. The maximum Gasteiger partial charge on any atom is 0.308 e. The first-order valence-electron chi connectivity index (χ1n) is 23.6. The highest BCUT2D eigenvalue weighted by Gasteiger charge is 2.59. The van der Waals surface area contributed by atoms with E-state index in [-0.39, 0.29) is 0 Å². The van der Waals surface area contributed by atoms with Gasteiger partial charge >= 0.3 is 5.97 Å². The first-order valence-corrected chi connectivity index (χ1v) is 23.6. The molecule has 22 aliphatic heterocycles. The quantitative estimate of drug-likeness (QED) is 0.0854. The van der Waals surface area contributed by atoms with E-state index in [1.165, 1.54) is 0 Å². The van der Waals surface area contributed by atoms with Gasteiger partial charge in [0.1, 0.15) is 146 Å². The fourth-order valence-electron chi connectivity index (χ4n) is 9.66. The molecule has 0 aliphatic carbocycles. The van der Waals surface area contributed by atoms with Crippen LogP contribution in [0.25, 0.3) is 0 Å². The number of carbonyl (C=O) groups is 1. The molecule has 22 rings (SSSR count). The topological polar surface area (TPSA) is 510 Å². The van der Waals surface area contributed by atoms with Gasteiger partial charge in [0.15, 0.2) is 37.7 Å². The number of methoxy groups -OCH3 is 1. The number of hydrogen-bond donors (Lipinski definition) is 18. The molecule has 12 bridgehead atoms. The molecule has 33 nitrogen and oxygen atoms in total. The molecule has 0 aromatic carbocycles. The van der Waals surface area contributed by atoms with Crippen LogP contribution in [-0.2, 0) is 71.1 Å². The van der Waals surface area contributed by atoms with Gasteiger partial charge in [0.05, 0.1) is 65.9 Å². The minimum atomic E-state index is -2.21. The Balaban J connectivity index is 1.22. The average molecular weight is 1090 g/mol. The van der Waals surface area contributed by atoms with Crippen molar-refractivity contribution >= 4 is 5.97 Å². The van der Waals surface area contributed by atoms with Crippen LogP contribution in [0.2, 0.25) is 0 Å². The minimum Gasteiger partial charge on any atom is -0.469 e. The van der Waals surface area contributed by atoms with Gasteiger partial charge < -0.3 is 158 Å². The smallest absolute Gasteiger partial charge is 0.308 e. The van der Waals surface area contributed by atoms with E-state index in [0.717, 1.165) is 7.11 Å². The largest absolute Gasteiger partial charge is 0.469 e. The van der Waals surface area contributed by atoms with Crippen LogP contribution in [0.5, 0.6) is 0 Å². The van der Waals surface area contributed by atoms with Gasteiger partial charge in [0.25, 0.3) is 0 Å². The minimum absolute atomic E-state index is 0.640. The standard InChI is InChI=1S/C41H68O33/c1-61-17(49)2-10(48)9-62-35-28(60)41-68-16(8-47)34(35)74-40-27(59)22(54)32(14(6-45)67-40)72-38-25(57)20(52)30(12(4-43)65-38)70-36-23(55)18(50)29(11(3-42)63-36)69-37-24(56)19(51)31(13(5-44)64-37)71-39-26(58)21(53)33(73-41)15(7-46)66-39/h10-16,18-48,50-60H,2-9H2,1H3/t10?,11-,12-,13-,14-,15-,16-,18-,19-,20-,21-,22-,23-,24-,25-,26-,27-,28-,29-,30-,31-,32-,33-,34+,35-,36-,37-,38-,39-,40-,41-/m1/s1. The van der Waals surface area contributed by atoms with Crippen molar-refractivity contribution in [2.45, 2.75) is 197 Å². The highest BCUT2D eigenvalue weighted by molar-refractivity contribution is 5.69. The van der Waals surface area contributed by atoms with E-state index in [9.17, 15) is 96.7 Å². The molecule has 33 heteroatoms. The summed E-state index contributed by atoms with van der Waals surface area (Å²) in [6.07, 6.45) is -61.7. The molecule has 18 N–H and O–H groups in total. The molecular formula is C41H68O33. The predicted molar refractivity (Wildman–Crippen MR) is 222 cm³/mol. The van der Waals surface area contributed by atoms with E-state index in [2.05, 4.69) is 4.74 Å². The Hall–Kier alpha value is -1.77. The maximum atomic E-state index is 11.9. The van der Waals surface area contributed by atoms with Crippen LogP contribution < -0.4 is 0 Å². The summed E-state index contributed by atoms with van der Waals surface area (Å²) >= 11 is 0. The van der Waals surface area contributed by atoms with Crippen molar-refractivity contribution in [1.29, 1.82) is 0 Å². The second-order valence-corrected chi connectivity index (χ2v) is 18.6. The lowest BCUT2D eigenvalue weighted by Crippen LogP contribution is -2.69. The maximum absolute atomic E-state index is 11.9. The lowest BCUT2D eigenvalue weighted by Gasteiger charge is -2.51. The Morgan fingerprint density at radius 1 is 0.365 bits per heavy atom. The zero-order valence-corrected chi connectivity index (χ0v) is 39.2. The molecule has 0 aromatic rings. The second-order valence-electron chi connectivity index (χ2n) is 18.6. The first kappa shape index (κ1) is 59.9. The SMILES string of the molecule is COC(=O)CC(O)CO[C@@H]1[C@@H](O)[C@H]2O[C@H]3[C@H](O)[C@@H](O)[C@@H](O[C@H]4[C@H](O)[C@@H](O)[C@@H](O[C@H]5[C@H](O)[C@@H](O)[C@@H](O[C@H]6[C@H](O)[C@@H](O)[C@@H](O[C@H]7[C@H](O)[C@@H](O)[C@@H](O[C@H]1[C@@H](CO)O2)O[C@@H]7CO)O[C@@H]6CO)O[C@@H]5CO)O[C@@H]4CO)O[C@@H]3CO. The van der Waals surface area contributed by atoms with Gasteiger partial charge in [0, 0.05) is 0 Å². The number of aliphatic hydroxyl groups is 18. The van der Waals surface area contributed by atoms with Gasteiger partial charge in [0.2, 0.25) is 0 Å². The van der Waals surface area contributed by atoms with Crippen molar-refractivity contribution in [3.8, 4) is 0 Å². The van der Waals surface area contributed by atoms with Crippen LogP contribution in [0.3, 0.4) is 0 Å². The van der Waals surface area contributed by atoms with Crippen molar-refractivity contribution in [2.24, 2.45) is 0 Å². The lowest BCUT2D eigenvalue weighted by atomic mass is 9.94. The summed E-state index contributed by atoms with van der Waals surface area (Å²) < 4.78 is 79.4. The van der Waals surface area contributed by atoms with Crippen molar-refractivity contribution in [2.75, 3.05) is 53.4 Å². The van der Waals surface area contributed by atoms with E-state index >= 15 is 0 Å². The Kier molecular flexibility index (Phi) is 21.0. The monoisotopic (exact) mass is 1090 g/mol. The van der Waals surface area contributed by atoms with Crippen LogP contribution in [-0.4, -0.2) is 342 Å². The number of aliphatic hydroxyl groups excluding tert-OH is 18. The summed E-state index contributed by atoms with van der Waals surface area (Å²) in [7, 11) is 1.04. The molecule has 0 spiro atoms. The van der Waals surface area contributed by atoms with E-state index in [0.29, 0.717) is 0 Å². The van der Waals surface area contributed by atoms with Crippen molar-refractivity contribution in [1.82, 2.24) is 0 Å². The Bertz CT molecular complexity index is 1730. The van der Waals surface area contributed by atoms with Crippen molar-refractivity contribution in [3.63, 3.8) is 0 Å². The molecular weight excluding hydrogens is 1020 g/mol. The van der Waals surface area contributed by atoms with Crippen molar-refractivity contribution in [3.05, 3.63) is 0 Å². The predicted octanol–water partition coefficient (Wildman–Crippen LogP) is -13.1. The summed E-state index contributed by atoms with van der Waals surface area (Å²) in [5.41, 5.74) is 0. The Morgan fingerprint density at radius 2 is 0.595 bits per heavy atom. The van der Waals surface area contributed by atoms with Gasteiger partial charge in [-0.2, -0.15) is 0 Å². The van der Waals surface area contributed by atoms with Gasteiger partial charge in [-0.25, -0.2) is 0 Å². The Morgan fingerprint density at radius 3 is 0.838 bits per heavy atom. The number of rotatable bonds is 11. The van der Waals surface area contributed by atoms with Crippen molar-refractivity contribution < 1.29 is 163 Å². The third-order valence-electron chi connectivity index (χ3n) is 13.8. The fraction of sp³-hybridized carbons (Fsp3) is 0.976. The molecule has 22 heterocycles. The van der Waals surface area contributed by atoms with Gasteiger partial charge in [-0.05, 0) is 0 Å². The van der Waals surface area contributed by atoms with Gasteiger partial charge in [-0.3, -0.25) is 4.79 Å². The lowest BCUT2D eigenvalue weighted by molar-refractivity contribution is -0.405. The molecule has 0 amide bonds. The zero-order chi connectivity index (χ0) is 54.0. The zero-order valence-electron chi connectivity index (χ0n) is 39.2. The third-order valence-corrected chi connectivity index (χ3v) is 13.8. The van der Waals surface area contributed by atoms with E-state index in [1.807, 2.05) is 0 Å². The summed E-state index contributed by atoms with van der Waals surface area (Å²) in [5, 5.41) is 198. The molecule has 22 saturated heterocycles. The molecule has 0 aromatic heterocycles. The first-order chi connectivity index (χ1) is 35.2. The van der Waals surface area contributed by atoms with Crippen LogP contribution >= 0.6 is 0 Å². The van der Waals surface area contributed by atoms with Crippen LogP contribution in [0.4, 0.5) is 0 Å². The van der Waals surface area contributed by atoms with Gasteiger partial charge in [-0.15, -0.1) is 0 Å². The number of ether oxygens (including phenoxy) is 14.